The quantitative estimate of drug-likeness (QED) is 0.623. The molecule has 2 fully saturated rings. The minimum atomic E-state index is -4.63. The number of halogens is 3. The summed E-state index contributed by atoms with van der Waals surface area (Å²) < 4.78 is 71.2. The van der Waals surface area contributed by atoms with E-state index in [0.717, 1.165) is 34.7 Å². The average Bonchev–Trinajstić information content (AvgIpc) is 3.31. The zero-order chi connectivity index (χ0) is 23.1. The first-order chi connectivity index (χ1) is 15.1. The first-order valence-corrected chi connectivity index (χ1v) is 11.7. The van der Waals surface area contributed by atoms with Gasteiger partial charge in [-0.3, -0.25) is 4.79 Å². The van der Waals surface area contributed by atoms with Crippen molar-refractivity contribution in [3.63, 3.8) is 0 Å². The van der Waals surface area contributed by atoms with Crippen LogP contribution in [0.4, 0.5) is 13.2 Å². The van der Waals surface area contributed by atoms with E-state index in [1.807, 2.05) is 12.1 Å². The molecule has 172 valence electrons. The fourth-order valence-electron chi connectivity index (χ4n) is 3.77. The lowest BCUT2D eigenvalue weighted by molar-refractivity contribution is -0.137. The maximum Gasteiger partial charge on any atom is 0.416 e. The summed E-state index contributed by atoms with van der Waals surface area (Å²) in [6.45, 7) is 2.44. The number of amides is 1. The van der Waals surface area contributed by atoms with Gasteiger partial charge in [-0.25, -0.2) is 8.42 Å². The standard InChI is InChI=1S/C22H23F3N2O4S/c1-15-13-19(15)20-7-5-17(31-20)6-8-21(28)26-9-11-27(12-10-26)32(29,30)18-4-2-3-16(14-18)22(23,24)25/h2-8,14-15,19H,9-13H2,1H3/b8-6+/t15-,19-/m1/s1. The maximum atomic E-state index is 12.9. The van der Waals surface area contributed by atoms with Crippen molar-refractivity contribution in [2.24, 2.45) is 5.92 Å². The van der Waals surface area contributed by atoms with Gasteiger partial charge < -0.3 is 9.32 Å². The molecule has 1 amide bonds. The third-order valence-corrected chi connectivity index (χ3v) is 7.76. The summed E-state index contributed by atoms with van der Waals surface area (Å²) in [7, 11) is -4.09. The van der Waals surface area contributed by atoms with Crippen LogP contribution in [0.1, 0.15) is 36.3 Å². The Labute approximate surface area is 184 Å². The van der Waals surface area contributed by atoms with E-state index in [1.165, 1.54) is 11.0 Å². The molecule has 1 aromatic carbocycles. The molecule has 0 radical (unpaired) electrons. The van der Waals surface area contributed by atoms with E-state index in [0.29, 0.717) is 23.7 Å². The van der Waals surface area contributed by atoms with Crippen LogP contribution in [0.2, 0.25) is 0 Å². The highest BCUT2D eigenvalue weighted by Crippen LogP contribution is 2.47. The molecule has 2 aromatic rings. The monoisotopic (exact) mass is 468 g/mol. The third kappa shape index (κ3) is 4.75. The summed E-state index contributed by atoms with van der Waals surface area (Å²) in [4.78, 5) is 13.6. The normalized spacial score (nSPS) is 22.4. The van der Waals surface area contributed by atoms with Crippen molar-refractivity contribution in [2.45, 2.75) is 30.3 Å². The van der Waals surface area contributed by atoms with Crippen LogP contribution >= 0.6 is 0 Å². The van der Waals surface area contributed by atoms with E-state index in [4.69, 9.17) is 4.42 Å². The van der Waals surface area contributed by atoms with Crippen molar-refractivity contribution < 1.29 is 30.8 Å². The zero-order valence-corrected chi connectivity index (χ0v) is 18.2. The van der Waals surface area contributed by atoms with Gasteiger partial charge in [-0.1, -0.05) is 13.0 Å². The molecule has 1 aliphatic carbocycles. The van der Waals surface area contributed by atoms with Crippen molar-refractivity contribution in [1.82, 2.24) is 9.21 Å². The van der Waals surface area contributed by atoms with Crippen molar-refractivity contribution in [3.8, 4) is 0 Å². The van der Waals surface area contributed by atoms with E-state index >= 15 is 0 Å². The SMILES string of the molecule is C[C@@H]1C[C@H]1c1ccc(/C=C/C(=O)N2CCN(S(=O)(=O)c3cccc(C(F)(F)F)c3)CC2)o1. The van der Waals surface area contributed by atoms with Crippen LogP contribution < -0.4 is 0 Å². The van der Waals surface area contributed by atoms with E-state index in [2.05, 4.69) is 6.92 Å². The highest BCUT2D eigenvalue weighted by atomic mass is 32.2. The summed E-state index contributed by atoms with van der Waals surface area (Å²) in [6.07, 6.45) is -0.557. The number of alkyl halides is 3. The fourth-order valence-corrected chi connectivity index (χ4v) is 5.23. The Balaban J connectivity index is 1.36. The average molecular weight is 468 g/mol. The van der Waals surface area contributed by atoms with Crippen LogP contribution in [0, 0.1) is 5.92 Å². The lowest BCUT2D eigenvalue weighted by atomic mass is 10.2. The first kappa shape index (κ1) is 22.6. The summed E-state index contributed by atoms with van der Waals surface area (Å²) in [5.41, 5.74) is -1.02. The topological polar surface area (TPSA) is 70.8 Å². The Morgan fingerprint density at radius 2 is 1.81 bits per heavy atom. The number of carbonyl (C=O) groups excluding carboxylic acids is 1. The number of rotatable bonds is 5. The minimum absolute atomic E-state index is 0.00261. The van der Waals surface area contributed by atoms with Crippen molar-refractivity contribution >= 4 is 22.0 Å². The van der Waals surface area contributed by atoms with Gasteiger partial charge in [-0.2, -0.15) is 17.5 Å². The van der Waals surface area contributed by atoms with Crippen LogP contribution in [-0.2, 0) is 21.0 Å². The molecule has 0 N–H and O–H groups in total. The van der Waals surface area contributed by atoms with Gasteiger partial charge in [0.2, 0.25) is 15.9 Å². The van der Waals surface area contributed by atoms with Crippen LogP contribution in [0.3, 0.4) is 0 Å². The second-order valence-corrected chi connectivity index (χ2v) is 10.1. The molecule has 10 heteroatoms. The molecular weight excluding hydrogens is 445 g/mol. The largest absolute Gasteiger partial charge is 0.461 e. The predicted molar refractivity (Wildman–Crippen MR) is 111 cm³/mol. The lowest BCUT2D eigenvalue weighted by Gasteiger charge is -2.33. The molecule has 2 aliphatic rings. The predicted octanol–water partition coefficient (Wildman–Crippen LogP) is 3.97. The number of sulfonamides is 1. The van der Waals surface area contributed by atoms with Crippen LogP contribution in [-0.4, -0.2) is 49.7 Å². The molecule has 2 atom stereocenters. The molecule has 1 saturated heterocycles. The molecular formula is C22H23F3N2O4S. The summed E-state index contributed by atoms with van der Waals surface area (Å²) in [5.74, 6) is 2.28. The number of furan rings is 1. The first-order valence-electron chi connectivity index (χ1n) is 10.3. The molecule has 0 bridgehead atoms. The van der Waals surface area contributed by atoms with Gasteiger partial charge in [-0.05, 0) is 48.7 Å². The Morgan fingerprint density at radius 1 is 1.12 bits per heavy atom. The number of hydrogen-bond acceptors (Lipinski definition) is 4. The van der Waals surface area contributed by atoms with Gasteiger partial charge in [-0.15, -0.1) is 0 Å². The number of benzene rings is 1. The zero-order valence-electron chi connectivity index (χ0n) is 17.4. The van der Waals surface area contributed by atoms with E-state index in [-0.39, 0.29) is 32.1 Å². The Hall–Kier alpha value is -2.59. The van der Waals surface area contributed by atoms with Crippen LogP contribution in [0.15, 0.2) is 51.8 Å². The van der Waals surface area contributed by atoms with E-state index in [9.17, 15) is 26.4 Å². The molecule has 4 rings (SSSR count). The van der Waals surface area contributed by atoms with Crippen LogP contribution in [0.25, 0.3) is 6.08 Å². The summed E-state index contributed by atoms with van der Waals surface area (Å²) in [6, 6.07) is 7.40. The fraction of sp³-hybridized carbons (Fsp3) is 0.409. The number of carbonyl (C=O) groups is 1. The van der Waals surface area contributed by atoms with Crippen molar-refractivity contribution in [3.05, 3.63) is 59.6 Å². The van der Waals surface area contributed by atoms with Gasteiger partial charge in [0.1, 0.15) is 11.5 Å². The molecule has 32 heavy (non-hydrogen) atoms. The molecule has 0 spiro atoms. The summed E-state index contributed by atoms with van der Waals surface area (Å²) in [5, 5.41) is 0. The van der Waals surface area contributed by atoms with Gasteiger partial charge in [0.15, 0.2) is 0 Å². The highest BCUT2D eigenvalue weighted by Gasteiger charge is 2.37. The van der Waals surface area contributed by atoms with Gasteiger partial charge >= 0.3 is 6.18 Å². The van der Waals surface area contributed by atoms with Gasteiger partial charge in [0.25, 0.3) is 0 Å². The van der Waals surface area contributed by atoms with Gasteiger partial charge in [0.05, 0.1) is 10.5 Å². The van der Waals surface area contributed by atoms with E-state index in [1.54, 1.807) is 6.08 Å². The lowest BCUT2D eigenvalue weighted by Crippen LogP contribution is -2.50. The second-order valence-electron chi connectivity index (χ2n) is 8.15. The molecule has 1 aromatic heterocycles. The molecule has 1 aliphatic heterocycles. The second kappa shape index (κ2) is 8.40. The molecule has 6 nitrogen and oxygen atoms in total. The molecule has 1 saturated carbocycles. The minimum Gasteiger partial charge on any atom is -0.461 e. The Morgan fingerprint density at radius 3 is 2.44 bits per heavy atom. The van der Waals surface area contributed by atoms with Crippen LogP contribution in [0.5, 0.6) is 0 Å². The number of nitrogens with zero attached hydrogens (tertiary/aromatic N) is 2. The summed E-state index contributed by atoms with van der Waals surface area (Å²) >= 11 is 0. The van der Waals surface area contributed by atoms with E-state index < -0.39 is 26.7 Å². The van der Waals surface area contributed by atoms with Crippen molar-refractivity contribution in [1.29, 1.82) is 0 Å². The Bertz CT molecular complexity index is 1130. The Kier molecular flexibility index (Phi) is 5.93. The van der Waals surface area contributed by atoms with Gasteiger partial charge in [0, 0.05) is 38.2 Å². The molecule has 0 unspecified atom stereocenters. The number of piperazine rings is 1. The van der Waals surface area contributed by atoms with Crippen molar-refractivity contribution in [2.75, 3.05) is 26.2 Å². The molecule has 2 heterocycles. The number of hydrogen-bond donors (Lipinski definition) is 0. The third-order valence-electron chi connectivity index (χ3n) is 5.86. The maximum absolute atomic E-state index is 12.9. The highest BCUT2D eigenvalue weighted by molar-refractivity contribution is 7.89. The smallest absolute Gasteiger partial charge is 0.416 e.